The van der Waals surface area contributed by atoms with Gasteiger partial charge in [0.2, 0.25) is 0 Å². The molecule has 2 nitrogen and oxygen atoms in total. The first kappa shape index (κ1) is 12.4. The van der Waals surface area contributed by atoms with Crippen molar-refractivity contribution in [2.24, 2.45) is 0 Å². The summed E-state index contributed by atoms with van der Waals surface area (Å²) >= 11 is 7.92. The highest BCUT2D eigenvalue weighted by atomic mass is 32.2. The van der Waals surface area contributed by atoms with Crippen LogP contribution in [0.3, 0.4) is 0 Å². The van der Waals surface area contributed by atoms with Crippen molar-refractivity contribution in [3.05, 3.63) is 38.3 Å². The molecule has 0 amide bonds. The second-order valence-corrected chi connectivity index (χ2v) is 6.42. The predicted molar refractivity (Wildman–Crippen MR) is 74.4 cm³/mol. The Balaban J connectivity index is 2.48. The van der Waals surface area contributed by atoms with Crippen LogP contribution < -0.4 is 0 Å². The topological polar surface area (TPSA) is 26.3 Å². The summed E-state index contributed by atoms with van der Waals surface area (Å²) in [5.41, 5.74) is 1.01. The lowest BCUT2D eigenvalue weighted by molar-refractivity contribution is 0.0533. The van der Waals surface area contributed by atoms with Crippen LogP contribution >= 0.6 is 34.9 Å². The number of ether oxygens (including phenoxy) is 1. The first-order valence-electron chi connectivity index (χ1n) is 5.09. The fraction of sp³-hybridized carbons (Fsp3) is 0.167. The standard InChI is InChI=1S/C12H10O2S3/c1-2-14-11(13)10-9(16-12(15)17-10)8-6-4-3-5-7-8/h3-7H,2H2,1H3. The first-order valence-corrected chi connectivity index (χ1v) is 7.13. The smallest absolute Gasteiger partial charge is 0.349 e. The zero-order valence-electron chi connectivity index (χ0n) is 9.14. The minimum absolute atomic E-state index is 0.288. The van der Waals surface area contributed by atoms with Crippen molar-refractivity contribution in [2.75, 3.05) is 6.61 Å². The Hall–Kier alpha value is -1.04. The maximum atomic E-state index is 11.8. The van der Waals surface area contributed by atoms with E-state index in [4.69, 9.17) is 17.0 Å². The lowest BCUT2D eigenvalue weighted by Crippen LogP contribution is -2.03. The van der Waals surface area contributed by atoms with E-state index >= 15 is 0 Å². The summed E-state index contributed by atoms with van der Waals surface area (Å²) in [6.45, 7) is 2.17. The number of benzene rings is 1. The summed E-state index contributed by atoms with van der Waals surface area (Å²) in [5.74, 6) is -0.288. The van der Waals surface area contributed by atoms with Crippen LogP contribution in [0.4, 0.5) is 0 Å². The first-order chi connectivity index (χ1) is 8.22. The van der Waals surface area contributed by atoms with Gasteiger partial charge in [0, 0.05) is 0 Å². The summed E-state index contributed by atoms with van der Waals surface area (Å²) in [6.07, 6.45) is 0. The quantitative estimate of drug-likeness (QED) is 0.617. The molecule has 5 heteroatoms. The highest BCUT2D eigenvalue weighted by Gasteiger charge is 2.17. The maximum absolute atomic E-state index is 11.8. The van der Waals surface area contributed by atoms with Crippen molar-refractivity contribution >= 4 is 40.9 Å². The van der Waals surface area contributed by atoms with E-state index in [9.17, 15) is 4.79 Å². The highest BCUT2D eigenvalue weighted by Crippen LogP contribution is 2.34. The molecule has 0 N–H and O–H groups in total. The van der Waals surface area contributed by atoms with E-state index in [2.05, 4.69) is 0 Å². The Bertz CT molecular complexity index is 569. The third kappa shape index (κ3) is 2.80. The van der Waals surface area contributed by atoms with Crippen LogP contribution in [0.2, 0.25) is 0 Å². The third-order valence-electron chi connectivity index (χ3n) is 2.07. The molecule has 0 aliphatic carbocycles. The Kier molecular flexibility index (Phi) is 4.04. The molecule has 0 atom stereocenters. The molecule has 0 fully saturated rings. The largest absolute Gasteiger partial charge is 0.462 e. The van der Waals surface area contributed by atoms with Gasteiger partial charge in [-0.05, 0) is 12.5 Å². The number of carbonyl (C=O) groups is 1. The van der Waals surface area contributed by atoms with Crippen LogP contribution in [0.25, 0.3) is 10.4 Å². The van der Waals surface area contributed by atoms with Gasteiger partial charge < -0.3 is 4.74 Å². The van der Waals surface area contributed by atoms with Gasteiger partial charge in [-0.1, -0.05) is 42.5 Å². The monoisotopic (exact) mass is 282 g/mol. The molecule has 0 radical (unpaired) electrons. The molecule has 1 heterocycles. The number of hydrogen-bond donors (Lipinski definition) is 0. The van der Waals surface area contributed by atoms with E-state index in [1.165, 1.54) is 22.7 Å². The Morgan fingerprint density at radius 3 is 2.65 bits per heavy atom. The second kappa shape index (κ2) is 5.53. The summed E-state index contributed by atoms with van der Waals surface area (Å²) in [5, 5.41) is 0. The molecule has 0 saturated carbocycles. The second-order valence-electron chi connectivity index (χ2n) is 3.20. The molecular formula is C12H10O2S3. The maximum Gasteiger partial charge on any atom is 0.349 e. The van der Waals surface area contributed by atoms with E-state index in [1.54, 1.807) is 6.92 Å². The van der Waals surface area contributed by atoms with Crippen molar-refractivity contribution in [1.82, 2.24) is 0 Å². The lowest BCUT2D eigenvalue weighted by Gasteiger charge is -2.02. The lowest BCUT2D eigenvalue weighted by atomic mass is 10.2. The van der Waals surface area contributed by atoms with Crippen LogP contribution in [0.15, 0.2) is 30.3 Å². The zero-order chi connectivity index (χ0) is 12.3. The zero-order valence-corrected chi connectivity index (χ0v) is 11.6. The van der Waals surface area contributed by atoms with Crippen LogP contribution in [-0.4, -0.2) is 12.6 Å². The van der Waals surface area contributed by atoms with Crippen molar-refractivity contribution in [3.63, 3.8) is 0 Å². The van der Waals surface area contributed by atoms with E-state index < -0.39 is 0 Å². The van der Waals surface area contributed by atoms with Gasteiger partial charge in [0.15, 0.2) is 0 Å². The van der Waals surface area contributed by atoms with Gasteiger partial charge in [-0.25, -0.2) is 4.79 Å². The van der Waals surface area contributed by atoms with Gasteiger partial charge >= 0.3 is 5.97 Å². The molecule has 0 aliphatic heterocycles. The molecule has 1 aromatic heterocycles. The Morgan fingerprint density at radius 1 is 1.29 bits per heavy atom. The van der Waals surface area contributed by atoms with Crippen LogP contribution in [-0.2, 0) is 4.74 Å². The van der Waals surface area contributed by atoms with Crippen molar-refractivity contribution in [1.29, 1.82) is 0 Å². The van der Waals surface area contributed by atoms with Crippen LogP contribution in [0, 0.1) is 3.14 Å². The molecule has 0 unspecified atom stereocenters. The number of rotatable bonds is 3. The molecule has 2 aromatic rings. The van der Waals surface area contributed by atoms with E-state index in [-0.39, 0.29) is 5.97 Å². The van der Waals surface area contributed by atoms with Gasteiger partial charge in [0.05, 0.1) is 11.5 Å². The van der Waals surface area contributed by atoms with E-state index in [1.807, 2.05) is 30.3 Å². The van der Waals surface area contributed by atoms with Gasteiger partial charge in [-0.3, -0.25) is 0 Å². The normalized spacial score (nSPS) is 10.2. The third-order valence-corrected chi connectivity index (χ3v) is 4.76. The number of esters is 1. The fourth-order valence-corrected chi connectivity index (χ4v) is 3.92. The highest BCUT2D eigenvalue weighted by molar-refractivity contribution is 7.76. The van der Waals surface area contributed by atoms with Gasteiger partial charge in [-0.2, -0.15) is 0 Å². The number of hydrogen-bond acceptors (Lipinski definition) is 5. The van der Waals surface area contributed by atoms with Crippen molar-refractivity contribution < 1.29 is 9.53 Å². The molecule has 17 heavy (non-hydrogen) atoms. The number of carbonyl (C=O) groups excluding carboxylic acids is 1. The summed E-state index contributed by atoms with van der Waals surface area (Å²) < 4.78 is 5.78. The molecule has 0 spiro atoms. The summed E-state index contributed by atoms with van der Waals surface area (Å²) in [7, 11) is 0. The molecule has 0 bridgehead atoms. The SMILES string of the molecule is CCOC(=O)c1sc(=S)sc1-c1ccccc1. The van der Waals surface area contributed by atoms with Crippen molar-refractivity contribution in [2.45, 2.75) is 6.92 Å². The van der Waals surface area contributed by atoms with Gasteiger partial charge in [-0.15, -0.1) is 22.7 Å². The van der Waals surface area contributed by atoms with Gasteiger partial charge in [0.1, 0.15) is 8.01 Å². The van der Waals surface area contributed by atoms with Crippen LogP contribution in [0.1, 0.15) is 16.6 Å². The molecular weight excluding hydrogens is 272 g/mol. The van der Waals surface area contributed by atoms with Crippen LogP contribution in [0.5, 0.6) is 0 Å². The molecule has 1 aromatic carbocycles. The predicted octanol–water partition coefficient (Wildman–Crippen LogP) is 4.38. The average molecular weight is 282 g/mol. The molecule has 88 valence electrons. The molecule has 0 saturated heterocycles. The van der Waals surface area contributed by atoms with E-state index in [0.717, 1.165) is 13.6 Å². The minimum atomic E-state index is -0.288. The average Bonchev–Trinajstić information content (AvgIpc) is 2.73. The Morgan fingerprint density at radius 2 is 2.00 bits per heavy atom. The van der Waals surface area contributed by atoms with E-state index in [0.29, 0.717) is 11.5 Å². The molecule has 0 aliphatic rings. The fourth-order valence-electron chi connectivity index (χ4n) is 1.39. The van der Waals surface area contributed by atoms with Crippen molar-refractivity contribution in [3.8, 4) is 10.4 Å². The minimum Gasteiger partial charge on any atom is -0.462 e. The Labute approximate surface area is 113 Å². The summed E-state index contributed by atoms with van der Waals surface area (Å²) in [4.78, 5) is 13.3. The molecule has 2 rings (SSSR count). The summed E-state index contributed by atoms with van der Waals surface area (Å²) in [6, 6.07) is 9.76. The van der Waals surface area contributed by atoms with Gasteiger partial charge in [0.25, 0.3) is 0 Å².